The Morgan fingerprint density at radius 2 is 2.30 bits per heavy atom. The van der Waals surface area contributed by atoms with Gasteiger partial charge in [0.25, 0.3) is 0 Å². The third-order valence-electron chi connectivity index (χ3n) is 3.66. The molecular weight excluding hydrogens is 260 g/mol. The fraction of sp³-hybridized carbons (Fsp3) is 0.769. The van der Waals surface area contributed by atoms with E-state index in [4.69, 9.17) is 4.74 Å². The Labute approximate surface area is 118 Å². The number of aryl methyl sites for hydroxylation is 1. The third kappa shape index (κ3) is 2.77. The minimum Gasteiger partial charge on any atom is -0.373 e. The predicted molar refractivity (Wildman–Crippen MR) is 76.1 cm³/mol. The highest BCUT2D eigenvalue weighted by Crippen LogP contribution is 2.32. The van der Waals surface area contributed by atoms with Crippen molar-refractivity contribution in [3.63, 3.8) is 0 Å². The lowest BCUT2D eigenvalue weighted by atomic mass is 10.0. The van der Waals surface area contributed by atoms with Crippen molar-refractivity contribution in [3.8, 4) is 0 Å². The van der Waals surface area contributed by atoms with E-state index in [1.54, 1.807) is 11.6 Å². The van der Waals surface area contributed by atoms with E-state index in [0.29, 0.717) is 18.1 Å². The Morgan fingerprint density at radius 1 is 1.60 bits per heavy atom. The number of anilines is 1. The summed E-state index contributed by atoms with van der Waals surface area (Å²) in [5.74, 6) is 0.472. The standard InChI is InChI=1S/C13H22N4O3/c1-9(2)16-12(11(17(18)19)10(3)15-16)14-8-13(4)6-5-7-20-13/h9,14H,5-8H2,1-4H3. The van der Waals surface area contributed by atoms with Gasteiger partial charge in [-0.05, 0) is 40.5 Å². The lowest BCUT2D eigenvalue weighted by Crippen LogP contribution is -2.33. The minimum atomic E-state index is -0.374. The van der Waals surface area contributed by atoms with Crippen molar-refractivity contribution in [3.05, 3.63) is 15.8 Å². The SMILES string of the molecule is Cc1nn(C(C)C)c(NCC2(C)CCCO2)c1[N+](=O)[O-]. The molecule has 1 atom stereocenters. The highest BCUT2D eigenvalue weighted by molar-refractivity contribution is 5.60. The molecule has 1 aromatic heterocycles. The number of hydrogen-bond donors (Lipinski definition) is 1. The smallest absolute Gasteiger partial charge is 0.333 e. The molecule has 1 aliphatic rings. The van der Waals surface area contributed by atoms with Crippen molar-refractivity contribution in [2.75, 3.05) is 18.5 Å². The molecule has 0 saturated carbocycles. The maximum absolute atomic E-state index is 11.2. The van der Waals surface area contributed by atoms with Crippen molar-refractivity contribution in [1.82, 2.24) is 9.78 Å². The highest BCUT2D eigenvalue weighted by Gasteiger charge is 2.32. The summed E-state index contributed by atoms with van der Waals surface area (Å²) in [6.07, 6.45) is 1.99. The summed E-state index contributed by atoms with van der Waals surface area (Å²) in [6, 6.07) is 0.0576. The fourth-order valence-corrected chi connectivity index (χ4v) is 2.54. The van der Waals surface area contributed by atoms with Crippen LogP contribution < -0.4 is 5.32 Å². The number of rotatable bonds is 5. The minimum absolute atomic E-state index is 0.0558. The Kier molecular flexibility index (Phi) is 3.99. The zero-order chi connectivity index (χ0) is 14.9. The molecule has 112 valence electrons. The summed E-state index contributed by atoms with van der Waals surface area (Å²) in [6.45, 7) is 8.90. The molecule has 0 bridgehead atoms. The van der Waals surface area contributed by atoms with Crippen LogP contribution in [0.3, 0.4) is 0 Å². The fourth-order valence-electron chi connectivity index (χ4n) is 2.54. The topological polar surface area (TPSA) is 82.2 Å². The highest BCUT2D eigenvalue weighted by atomic mass is 16.6. The first kappa shape index (κ1) is 14.8. The molecule has 20 heavy (non-hydrogen) atoms. The number of nitrogens with zero attached hydrogens (tertiary/aromatic N) is 3. The quantitative estimate of drug-likeness (QED) is 0.663. The average Bonchev–Trinajstić information content (AvgIpc) is 2.91. The Morgan fingerprint density at radius 3 is 2.80 bits per heavy atom. The van der Waals surface area contributed by atoms with E-state index in [1.165, 1.54) is 0 Å². The lowest BCUT2D eigenvalue weighted by molar-refractivity contribution is -0.384. The van der Waals surface area contributed by atoms with E-state index in [-0.39, 0.29) is 22.3 Å². The van der Waals surface area contributed by atoms with Crippen LogP contribution in [-0.2, 0) is 4.74 Å². The zero-order valence-electron chi connectivity index (χ0n) is 12.5. The van der Waals surface area contributed by atoms with Gasteiger partial charge in [-0.2, -0.15) is 5.10 Å². The van der Waals surface area contributed by atoms with Crippen LogP contribution in [0.2, 0.25) is 0 Å². The summed E-state index contributed by atoms with van der Waals surface area (Å²) < 4.78 is 7.38. The molecular formula is C13H22N4O3. The van der Waals surface area contributed by atoms with Crippen molar-refractivity contribution >= 4 is 11.5 Å². The molecule has 1 aliphatic heterocycles. The molecule has 0 spiro atoms. The number of ether oxygens (including phenoxy) is 1. The second-order valence-electron chi connectivity index (χ2n) is 5.83. The molecule has 7 heteroatoms. The van der Waals surface area contributed by atoms with Gasteiger partial charge in [0.1, 0.15) is 5.69 Å². The number of aromatic nitrogens is 2. The number of hydrogen-bond acceptors (Lipinski definition) is 5. The largest absolute Gasteiger partial charge is 0.373 e. The van der Waals surface area contributed by atoms with Crippen LogP contribution in [0.4, 0.5) is 11.5 Å². The molecule has 1 saturated heterocycles. The zero-order valence-corrected chi connectivity index (χ0v) is 12.5. The molecule has 2 heterocycles. The van der Waals surface area contributed by atoms with Gasteiger partial charge in [-0.15, -0.1) is 0 Å². The van der Waals surface area contributed by atoms with Gasteiger partial charge < -0.3 is 10.1 Å². The van der Waals surface area contributed by atoms with Gasteiger partial charge in [0.2, 0.25) is 5.82 Å². The van der Waals surface area contributed by atoms with Gasteiger partial charge in [-0.1, -0.05) is 0 Å². The van der Waals surface area contributed by atoms with Crippen LogP contribution in [0.15, 0.2) is 0 Å². The van der Waals surface area contributed by atoms with Crippen molar-refractivity contribution in [2.45, 2.75) is 52.2 Å². The van der Waals surface area contributed by atoms with Crippen LogP contribution in [0.25, 0.3) is 0 Å². The van der Waals surface area contributed by atoms with E-state index in [9.17, 15) is 10.1 Å². The second kappa shape index (κ2) is 5.40. The van der Waals surface area contributed by atoms with Crippen LogP contribution >= 0.6 is 0 Å². The first-order valence-electron chi connectivity index (χ1n) is 6.95. The summed E-state index contributed by atoms with van der Waals surface area (Å²) in [7, 11) is 0. The summed E-state index contributed by atoms with van der Waals surface area (Å²) >= 11 is 0. The molecule has 1 unspecified atom stereocenters. The van der Waals surface area contributed by atoms with Gasteiger partial charge >= 0.3 is 5.69 Å². The van der Waals surface area contributed by atoms with E-state index < -0.39 is 0 Å². The number of nitro groups is 1. The van der Waals surface area contributed by atoms with Crippen LogP contribution in [-0.4, -0.2) is 33.5 Å². The monoisotopic (exact) mass is 282 g/mol. The third-order valence-corrected chi connectivity index (χ3v) is 3.66. The first-order valence-corrected chi connectivity index (χ1v) is 6.95. The first-order chi connectivity index (χ1) is 9.34. The van der Waals surface area contributed by atoms with Crippen LogP contribution in [0, 0.1) is 17.0 Å². The van der Waals surface area contributed by atoms with E-state index >= 15 is 0 Å². The van der Waals surface area contributed by atoms with Gasteiger partial charge in [-0.3, -0.25) is 10.1 Å². The molecule has 7 nitrogen and oxygen atoms in total. The molecule has 0 aliphatic carbocycles. The van der Waals surface area contributed by atoms with Crippen LogP contribution in [0.5, 0.6) is 0 Å². The molecule has 0 amide bonds. The van der Waals surface area contributed by atoms with Gasteiger partial charge in [-0.25, -0.2) is 4.68 Å². The van der Waals surface area contributed by atoms with Gasteiger partial charge in [0, 0.05) is 19.2 Å². The molecule has 0 aromatic carbocycles. The van der Waals surface area contributed by atoms with E-state index in [0.717, 1.165) is 19.4 Å². The predicted octanol–water partition coefficient (Wildman–Crippen LogP) is 2.66. The maximum atomic E-state index is 11.2. The molecule has 1 aromatic rings. The normalized spacial score (nSPS) is 22.4. The van der Waals surface area contributed by atoms with Crippen molar-refractivity contribution in [1.29, 1.82) is 0 Å². The van der Waals surface area contributed by atoms with Gasteiger partial charge in [0.05, 0.1) is 10.5 Å². The Balaban J connectivity index is 2.26. The van der Waals surface area contributed by atoms with E-state index in [1.807, 2.05) is 20.8 Å². The maximum Gasteiger partial charge on any atom is 0.333 e. The summed E-state index contributed by atoms with van der Waals surface area (Å²) in [5, 5.41) is 18.7. The second-order valence-corrected chi connectivity index (χ2v) is 5.83. The molecule has 2 rings (SSSR count). The summed E-state index contributed by atoms with van der Waals surface area (Å²) in [4.78, 5) is 10.9. The molecule has 0 radical (unpaired) electrons. The van der Waals surface area contributed by atoms with Crippen molar-refractivity contribution < 1.29 is 9.66 Å². The number of nitrogens with one attached hydrogen (secondary N) is 1. The van der Waals surface area contributed by atoms with E-state index in [2.05, 4.69) is 10.4 Å². The Hall–Kier alpha value is -1.63. The Bertz CT molecular complexity index is 504. The van der Waals surface area contributed by atoms with Crippen molar-refractivity contribution in [2.24, 2.45) is 0 Å². The summed E-state index contributed by atoms with van der Waals surface area (Å²) in [5.41, 5.74) is 0.234. The average molecular weight is 282 g/mol. The van der Waals surface area contributed by atoms with Crippen LogP contribution in [0.1, 0.15) is 45.3 Å². The van der Waals surface area contributed by atoms with Gasteiger partial charge in [0.15, 0.2) is 0 Å². The molecule has 1 fully saturated rings. The molecule has 1 N–H and O–H groups in total. The lowest BCUT2D eigenvalue weighted by Gasteiger charge is -2.24.